The first-order valence-electron chi connectivity index (χ1n) is 11.7. The summed E-state index contributed by atoms with van der Waals surface area (Å²) in [5.74, 6) is -0.626. The minimum atomic E-state index is -4.13. The van der Waals surface area contributed by atoms with E-state index in [9.17, 15) is 18.0 Å². The van der Waals surface area contributed by atoms with E-state index in [2.05, 4.69) is 0 Å². The number of nitrogens with zero attached hydrogens (tertiary/aromatic N) is 2. The molecular formula is C27H27ClN2O7S. The summed E-state index contributed by atoms with van der Waals surface area (Å²) in [5.41, 5.74) is 2.02. The van der Waals surface area contributed by atoms with Crippen molar-refractivity contribution in [3.63, 3.8) is 0 Å². The molecule has 0 saturated carbocycles. The standard InChI is InChI=1S/C27H27ClN2O7S/c1-17-12-18-8-5-6-11-22(18)30(17)26(31)16-37-27(32)19-9-7-10-20(13-19)38(33,34)29(2)23-14-21(28)24(35-3)15-25(23)36-4/h5-11,13-15,17H,12,16H2,1-4H3/t17-/m0/s1. The lowest BCUT2D eigenvalue weighted by Gasteiger charge is -2.23. The van der Waals surface area contributed by atoms with Gasteiger partial charge in [0.1, 0.15) is 11.5 Å². The van der Waals surface area contributed by atoms with Crippen molar-refractivity contribution in [3.8, 4) is 11.5 Å². The second-order valence-electron chi connectivity index (χ2n) is 8.68. The zero-order valence-corrected chi connectivity index (χ0v) is 22.9. The van der Waals surface area contributed by atoms with Gasteiger partial charge in [-0.3, -0.25) is 9.10 Å². The molecule has 0 radical (unpaired) electrons. The molecule has 1 aliphatic rings. The summed E-state index contributed by atoms with van der Waals surface area (Å²) in [6, 6.07) is 15.8. The van der Waals surface area contributed by atoms with E-state index in [1.807, 2.05) is 31.2 Å². The number of ether oxygens (including phenoxy) is 3. The second kappa shape index (κ2) is 10.9. The molecule has 0 aromatic heterocycles. The first kappa shape index (κ1) is 27.3. The van der Waals surface area contributed by atoms with Crippen LogP contribution in [-0.4, -0.2) is 54.2 Å². The van der Waals surface area contributed by atoms with Crippen molar-refractivity contribution in [2.75, 3.05) is 37.1 Å². The Morgan fingerprint density at radius 1 is 1.03 bits per heavy atom. The Kier molecular flexibility index (Phi) is 7.84. The van der Waals surface area contributed by atoms with E-state index in [-0.39, 0.29) is 38.9 Å². The van der Waals surface area contributed by atoms with Gasteiger partial charge in [0.25, 0.3) is 15.9 Å². The van der Waals surface area contributed by atoms with E-state index in [0.717, 1.165) is 15.6 Å². The molecular weight excluding hydrogens is 532 g/mol. The van der Waals surface area contributed by atoms with Gasteiger partial charge in [-0.2, -0.15) is 0 Å². The van der Waals surface area contributed by atoms with Crippen LogP contribution in [-0.2, 0) is 26.0 Å². The number of hydrogen-bond acceptors (Lipinski definition) is 7. The molecule has 38 heavy (non-hydrogen) atoms. The van der Waals surface area contributed by atoms with Gasteiger partial charge >= 0.3 is 5.97 Å². The fraction of sp³-hybridized carbons (Fsp3) is 0.259. The van der Waals surface area contributed by atoms with Gasteiger partial charge in [0.15, 0.2) is 6.61 Å². The van der Waals surface area contributed by atoms with Crippen molar-refractivity contribution in [1.82, 2.24) is 0 Å². The third kappa shape index (κ3) is 5.14. The average Bonchev–Trinajstić information content (AvgIpc) is 3.26. The lowest BCUT2D eigenvalue weighted by molar-refractivity contribution is -0.122. The maximum absolute atomic E-state index is 13.4. The Balaban J connectivity index is 1.52. The number of esters is 1. The molecule has 1 atom stereocenters. The van der Waals surface area contributed by atoms with E-state index in [0.29, 0.717) is 12.2 Å². The topological polar surface area (TPSA) is 102 Å². The number of benzene rings is 3. The predicted octanol–water partition coefficient (Wildman–Crippen LogP) is 4.32. The zero-order valence-electron chi connectivity index (χ0n) is 21.3. The molecule has 9 nitrogen and oxygen atoms in total. The van der Waals surface area contributed by atoms with E-state index < -0.39 is 22.6 Å². The third-order valence-electron chi connectivity index (χ3n) is 6.32. The van der Waals surface area contributed by atoms with E-state index in [1.54, 1.807) is 4.90 Å². The van der Waals surface area contributed by atoms with Gasteiger partial charge in [-0.15, -0.1) is 0 Å². The molecule has 1 heterocycles. The molecule has 1 amide bonds. The van der Waals surface area contributed by atoms with Crippen LogP contribution in [0.25, 0.3) is 0 Å². The molecule has 0 spiro atoms. The number of rotatable bonds is 8. The number of sulfonamides is 1. The third-order valence-corrected chi connectivity index (χ3v) is 8.39. The number of halogens is 1. The summed E-state index contributed by atoms with van der Waals surface area (Å²) < 4.78 is 43.6. The average molecular weight is 559 g/mol. The van der Waals surface area contributed by atoms with Crippen LogP contribution >= 0.6 is 11.6 Å². The molecule has 0 unspecified atom stereocenters. The summed E-state index contributed by atoms with van der Waals surface area (Å²) in [4.78, 5) is 27.1. The van der Waals surface area contributed by atoms with Crippen LogP contribution in [0.1, 0.15) is 22.8 Å². The van der Waals surface area contributed by atoms with Gasteiger partial charge in [-0.25, -0.2) is 13.2 Å². The van der Waals surface area contributed by atoms with Crippen molar-refractivity contribution in [2.45, 2.75) is 24.3 Å². The van der Waals surface area contributed by atoms with Crippen molar-refractivity contribution >= 4 is 44.9 Å². The molecule has 0 bridgehead atoms. The quantitative estimate of drug-likeness (QED) is 0.379. The van der Waals surface area contributed by atoms with Crippen LogP contribution in [0.15, 0.2) is 65.6 Å². The molecule has 1 aliphatic heterocycles. The summed E-state index contributed by atoms with van der Waals surface area (Å²) in [6.07, 6.45) is 0.716. The van der Waals surface area contributed by atoms with Gasteiger partial charge < -0.3 is 19.1 Å². The number of hydrogen-bond donors (Lipinski definition) is 0. The number of para-hydroxylation sites is 1. The summed E-state index contributed by atoms with van der Waals surface area (Å²) in [6.45, 7) is 1.45. The fourth-order valence-corrected chi connectivity index (χ4v) is 5.87. The SMILES string of the molecule is COc1cc(OC)c(N(C)S(=O)(=O)c2cccc(C(=O)OCC(=O)N3c4ccccc4C[C@@H]3C)c2)cc1Cl. The van der Waals surface area contributed by atoms with Crippen molar-refractivity contribution in [2.24, 2.45) is 0 Å². The Labute approximate surface area is 226 Å². The van der Waals surface area contributed by atoms with Gasteiger partial charge in [0, 0.05) is 24.8 Å². The number of carbonyl (C=O) groups excluding carboxylic acids is 2. The van der Waals surface area contributed by atoms with Gasteiger partial charge in [0.05, 0.1) is 35.4 Å². The zero-order chi connectivity index (χ0) is 27.6. The Bertz CT molecular complexity index is 1490. The summed E-state index contributed by atoms with van der Waals surface area (Å²) in [5, 5.41) is 0.197. The molecule has 3 aromatic rings. The van der Waals surface area contributed by atoms with Gasteiger partial charge in [0.2, 0.25) is 0 Å². The second-order valence-corrected chi connectivity index (χ2v) is 11.1. The molecule has 0 N–H and O–H groups in total. The van der Waals surface area contributed by atoms with Crippen LogP contribution in [0, 0.1) is 0 Å². The number of amides is 1. The minimum absolute atomic E-state index is 0.0122. The van der Waals surface area contributed by atoms with Crippen LogP contribution in [0.3, 0.4) is 0 Å². The lowest BCUT2D eigenvalue weighted by Crippen LogP contribution is -2.38. The van der Waals surface area contributed by atoms with Crippen molar-refractivity contribution in [3.05, 3.63) is 76.8 Å². The van der Waals surface area contributed by atoms with E-state index in [1.165, 1.54) is 57.7 Å². The normalized spacial score (nSPS) is 14.6. The van der Waals surface area contributed by atoms with Crippen molar-refractivity contribution < 1.29 is 32.2 Å². The predicted molar refractivity (Wildman–Crippen MR) is 144 cm³/mol. The molecule has 4 rings (SSSR count). The Hall–Kier alpha value is -3.76. The molecule has 0 saturated heterocycles. The highest BCUT2D eigenvalue weighted by Gasteiger charge is 2.31. The first-order valence-corrected chi connectivity index (χ1v) is 13.5. The number of fused-ring (bicyclic) bond motifs is 1. The number of methoxy groups -OCH3 is 2. The van der Waals surface area contributed by atoms with Crippen LogP contribution in [0.4, 0.5) is 11.4 Å². The highest BCUT2D eigenvalue weighted by Crippen LogP contribution is 2.39. The highest BCUT2D eigenvalue weighted by molar-refractivity contribution is 7.92. The van der Waals surface area contributed by atoms with Crippen LogP contribution < -0.4 is 18.7 Å². The maximum atomic E-state index is 13.4. The lowest BCUT2D eigenvalue weighted by atomic mass is 10.1. The molecule has 3 aromatic carbocycles. The largest absolute Gasteiger partial charge is 0.495 e. The van der Waals surface area contributed by atoms with Crippen LogP contribution in [0.2, 0.25) is 5.02 Å². The fourth-order valence-electron chi connectivity index (χ4n) is 4.39. The number of anilines is 2. The van der Waals surface area contributed by atoms with Crippen molar-refractivity contribution in [1.29, 1.82) is 0 Å². The van der Waals surface area contributed by atoms with Gasteiger partial charge in [-0.1, -0.05) is 35.9 Å². The molecule has 0 aliphatic carbocycles. The maximum Gasteiger partial charge on any atom is 0.338 e. The van der Waals surface area contributed by atoms with Crippen LogP contribution in [0.5, 0.6) is 11.5 Å². The molecule has 11 heteroatoms. The first-order chi connectivity index (χ1) is 18.1. The smallest absolute Gasteiger partial charge is 0.338 e. The number of carbonyl (C=O) groups is 2. The van der Waals surface area contributed by atoms with Gasteiger partial charge in [-0.05, 0) is 49.2 Å². The summed E-state index contributed by atoms with van der Waals surface area (Å²) in [7, 11) is 0.0398. The monoisotopic (exact) mass is 558 g/mol. The molecule has 200 valence electrons. The minimum Gasteiger partial charge on any atom is -0.495 e. The Morgan fingerprint density at radius 2 is 1.74 bits per heavy atom. The Morgan fingerprint density at radius 3 is 2.45 bits per heavy atom. The molecule has 0 fully saturated rings. The van der Waals surface area contributed by atoms with E-state index >= 15 is 0 Å². The highest BCUT2D eigenvalue weighted by atomic mass is 35.5. The summed E-state index contributed by atoms with van der Waals surface area (Å²) >= 11 is 6.22. The van der Waals surface area contributed by atoms with E-state index in [4.69, 9.17) is 25.8 Å².